The van der Waals surface area contributed by atoms with Crippen molar-refractivity contribution in [3.8, 4) is 5.75 Å². The summed E-state index contributed by atoms with van der Waals surface area (Å²) in [6.07, 6.45) is 0. The van der Waals surface area contributed by atoms with Crippen molar-refractivity contribution in [3.63, 3.8) is 0 Å². The van der Waals surface area contributed by atoms with Crippen molar-refractivity contribution in [2.75, 3.05) is 29.9 Å². The molecule has 0 saturated carbocycles. The van der Waals surface area contributed by atoms with Gasteiger partial charge in [-0.15, -0.1) is 0 Å². The van der Waals surface area contributed by atoms with E-state index in [1.54, 1.807) is 48.5 Å². The zero-order valence-electron chi connectivity index (χ0n) is 17.1. The normalized spacial score (nSPS) is 13.4. The fourth-order valence-electron chi connectivity index (χ4n) is 3.41. The summed E-state index contributed by atoms with van der Waals surface area (Å²) in [6.45, 7) is 1.81. The largest absolute Gasteiger partial charge is 0.488 e. The Labute approximate surface area is 196 Å². The molecular weight excluding hydrogens is 449 g/mol. The number of rotatable bonds is 6. The van der Waals surface area contributed by atoms with E-state index >= 15 is 0 Å². The fraction of sp³-hybridized carbons (Fsp3) is 0.167. The highest BCUT2D eigenvalue weighted by atomic mass is 35.5. The van der Waals surface area contributed by atoms with Gasteiger partial charge in [-0.3, -0.25) is 9.59 Å². The molecule has 0 spiro atoms. The molecule has 4 rings (SSSR count). The van der Waals surface area contributed by atoms with Crippen LogP contribution in [-0.2, 0) is 11.4 Å². The van der Waals surface area contributed by atoms with Gasteiger partial charge in [0.05, 0.1) is 22.8 Å². The van der Waals surface area contributed by atoms with Crippen molar-refractivity contribution in [2.45, 2.75) is 6.61 Å². The monoisotopic (exact) mass is 469 g/mol. The van der Waals surface area contributed by atoms with E-state index in [-0.39, 0.29) is 18.4 Å². The topological polar surface area (TPSA) is 70.7 Å². The fourth-order valence-corrected chi connectivity index (χ4v) is 3.83. The molecule has 0 bridgehead atoms. The minimum Gasteiger partial charge on any atom is -0.488 e. The number of anilines is 2. The van der Waals surface area contributed by atoms with E-state index in [1.165, 1.54) is 0 Å². The van der Waals surface area contributed by atoms with E-state index in [0.29, 0.717) is 46.7 Å². The van der Waals surface area contributed by atoms with Crippen LogP contribution in [0.3, 0.4) is 0 Å². The van der Waals surface area contributed by atoms with Crippen LogP contribution >= 0.6 is 23.2 Å². The van der Waals surface area contributed by atoms with Crippen molar-refractivity contribution in [1.82, 2.24) is 5.32 Å². The standard InChI is InChI=1S/C24H21Cl2N3O3/c25-17-7-5-16(6-8-17)15-32-22-4-2-1-3-19(22)24(31)28-18-9-10-21(20(26)13-18)29-12-11-27-23(30)14-29/h1-10,13H,11-12,14-15H2,(H,27,30)(H,28,31). The number of hydrogen-bond acceptors (Lipinski definition) is 4. The molecule has 0 radical (unpaired) electrons. The lowest BCUT2D eigenvalue weighted by molar-refractivity contribution is -0.120. The maximum Gasteiger partial charge on any atom is 0.259 e. The molecule has 1 saturated heterocycles. The molecule has 32 heavy (non-hydrogen) atoms. The number of carbonyl (C=O) groups is 2. The second kappa shape index (κ2) is 9.94. The molecule has 6 nitrogen and oxygen atoms in total. The average molecular weight is 470 g/mol. The first-order valence-electron chi connectivity index (χ1n) is 10.1. The summed E-state index contributed by atoms with van der Waals surface area (Å²) in [6, 6.07) is 19.6. The Balaban J connectivity index is 1.45. The van der Waals surface area contributed by atoms with Crippen LogP contribution in [0.1, 0.15) is 15.9 Å². The van der Waals surface area contributed by atoms with E-state index < -0.39 is 0 Å². The molecule has 1 fully saturated rings. The van der Waals surface area contributed by atoms with Crippen molar-refractivity contribution in [3.05, 3.63) is 87.9 Å². The van der Waals surface area contributed by atoms with Crippen molar-refractivity contribution in [1.29, 1.82) is 0 Å². The van der Waals surface area contributed by atoms with Crippen LogP contribution in [0.4, 0.5) is 11.4 Å². The predicted octanol–water partition coefficient (Wildman–Crippen LogP) is 4.76. The Morgan fingerprint density at radius 3 is 2.59 bits per heavy atom. The highest BCUT2D eigenvalue weighted by Gasteiger charge is 2.19. The van der Waals surface area contributed by atoms with Crippen LogP contribution in [-0.4, -0.2) is 31.4 Å². The van der Waals surface area contributed by atoms with Gasteiger partial charge in [0.15, 0.2) is 0 Å². The first-order chi connectivity index (χ1) is 15.5. The van der Waals surface area contributed by atoms with Gasteiger partial charge >= 0.3 is 0 Å². The van der Waals surface area contributed by atoms with Gasteiger partial charge in [0.25, 0.3) is 5.91 Å². The van der Waals surface area contributed by atoms with Crippen LogP contribution in [0.25, 0.3) is 0 Å². The summed E-state index contributed by atoms with van der Waals surface area (Å²) in [5.41, 5.74) is 2.66. The molecular formula is C24H21Cl2N3O3. The van der Waals surface area contributed by atoms with Gasteiger partial charge in [-0.05, 0) is 48.0 Å². The second-order valence-electron chi connectivity index (χ2n) is 7.30. The Kier molecular flexibility index (Phi) is 6.83. The van der Waals surface area contributed by atoms with Gasteiger partial charge in [0.2, 0.25) is 5.91 Å². The Bertz CT molecular complexity index is 1140. The molecule has 2 N–H and O–H groups in total. The van der Waals surface area contributed by atoms with Gasteiger partial charge in [0.1, 0.15) is 12.4 Å². The highest BCUT2D eigenvalue weighted by Crippen LogP contribution is 2.30. The lowest BCUT2D eigenvalue weighted by Gasteiger charge is -2.29. The van der Waals surface area contributed by atoms with E-state index in [0.717, 1.165) is 11.3 Å². The molecule has 3 aromatic carbocycles. The summed E-state index contributed by atoms with van der Waals surface area (Å²) < 4.78 is 5.88. The number of ether oxygens (including phenoxy) is 1. The van der Waals surface area contributed by atoms with Crippen LogP contribution in [0.15, 0.2) is 66.7 Å². The lowest BCUT2D eigenvalue weighted by Crippen LogP contribution is -2.47. The summed E-state index contributed by atoms with van der Waals surface area (Å²) in [4.78, 5) is 26.5. The molecule has 0 aliphatic carbocycles. The number of hydrogen-bond donors (Lipinski definition) is 2. The average Bonchev–Trinajstić information content (AvgIpc) is 2.79. The first-order valence-corrected chi connectivity index (χ1v) is 10.8. The maximum absolute atomic E-state index is 12.9. The Hall–Kier alpha value is -3.22. The summed E-state index contributed by atoms with van der Waals surface area (Å²) in [5, 5.41) is 6.77. The quantitative estimate of drug-likeness (QED) is 0.545. The van der Waals surface area contributed by atoms with Crippen LogP contribution in [0.2, 0.25) is 10.0 Å². The van der Waals surface area contributed by atoms with Gasteiger partial charge in [-0.2, -0.15) is 0 Å². The number of nitrogens with zero attached hydrogens (tertiary/aromatic N) is 1. The molecule has 0 unspecified atom stereocenters. The first kappa shape index (κ1) is 22.0. The smallest absolute Gasteiger partial charge is 0.259 e. The van der Waals surface area contributed by atoms with Crippen LogP contribution in [0, 0.1) is 0 Å². The number of amides is 2. The van der Waals surface area contributed by atoms with Gasteiger partial charge in [-0.25, -0.2) is 0 Å². The third-order valence-electron chi connectivity index (χ3n) is 5.02. The van der Waals surface area contributed by atoms with E-state index in [9.17, 15) is 9.59 Å². The van der Waals surface area contributed by atoms with Crippen molar-refractivity contribution >= 4 is 46.4 Å². The summed E-state index contributed by atoms with van der Waals surface area (Å²) >= 11 is 12.4. The number of para-hydroxylation sites is 1. The molecule has 1 aliphatic rings. The van der Waals surface area contributed by atoms with Crippen LogP contribution < -0.4 is 20.3 Å². The molecule has 1 heterocycles. The number of benzene rings is 3. The van der Waals surface area contributed by atoms with E-state index in [2.05, 4.69) is 10.6 Å². The molecule has 0 aromatic heterocycles. The molecule has 1 aliphatic heterocycles. The highest BCUT2D eigenvalue weighted by molar-refractivity contribution is 6.33. The molecule has 0 atom stereocenters. The Morgan fingerprint density at radius 1 is 1.06 bits per heavy atom. The Morgan fingerprint density at radius 2 is 1.84 bits per heavy atom. The predicted molar refractivity (Wildman–Crippen MR) is 127 cm³/mol. The third kappa shape index (κ3) is 5.33. The molecule has 2 amide bonds. The molecule has 3 aromatic rings. The van der Waals surface area contributed by atoms with E-state index in [1.807, 2.05) is 23.1 Å². The van der Waals surface area contributed by atoms with Gasteiger partial charge in [0, 0.05) is 23.8 Å². The zero-order chi connectivity index (χ0) is 22.5. The number of nitrogens with one attached hydrogen (secondary N) is 2. The van der Waals surface area contributed by atoms with Crippen LogP contribution in [0.5, 0.6) is 5.75 Å². The zero-order valence-corrected chi connectivity index (χ0v) is 18.6. The SMILES string of the molecule is O=C1CN(c2ccc(NC(=O)c3ccccc3OCc3ccc(Cl)cc3)cc2Cl)CCN1. The van der Waals surface area contributed by atoms with E-state index in [4.69, 9.17) is 27.9 Å². The van der Waals surface area contributed by atoms with Crippen molar-refractivity contribution < 1.29 is 14.3 Å². The summed E-state index contributed by atoms with van der Waals surface area (Å²) in [7, 11) is 0. The summed E-state index contributed by atoms with van der Waals surface area (Å²) in [5.74, 6) is 0.125. The second-order valence-corrected chi connectivity index (χ2v) is 8.15. The number of piperazine rings is 1. The third-order valence-corrected chi connectivity index (χ3v) is 5.58. The van der Waals surface area contributed by atoms with Crippen molar-refractivity contribution in [2.24, 2.45) is 0 Å². The minimum atomic E-state index is -0.308. The minimum absolute atomic E-state index is 0.0418. The van der Waals surface area contributed by atoms with Gasteiger partial charge < -0.3 is 20.3 Å². The number of halogens is 2. The lowest BCUT2D eigenvalue weighted by atomic mass is 10.1. The maximum atomic E-state index is 12.9. The molecule has 164 valence electrons. The molecule has 8 heteroatoms. The number of carbonyl (C=O) groups excluding carboxylic acids is 2. The van der Waals surface area contributed by atoms with Gasteiger partial charge in [-0.1, -0.05) is 47.5 Å².